The predicted octanol–water partition coefficient (Wildman–Crippen LogP) is 4.94. The summed E-state index contributed by atoms with van der Waals surface area (Å²) in [5.41, 5.74) is 3.34. The topological polar surface area (TPSA) is 105 Å². The number of aromatic nitrogens is 5. The van der Waals surface area contributed by atoms with Crippen molar-refractivity contribution in [3.63, 3.8) is 0 Å². The smallest absolute Gasteiger partial charge is 0.263 e. The zero-order chi connectivity index (χ0) is 28.5. The second kappa shape index (κ2) is 11.9. The van der Waals surface area contributed by atoms with E-state index in [1.165, 1.54) is 0 Å². The fourth-order valence-corrected chi connectivity index (χ4v) is 7.01. The van der Waals surface area contributed by atoms with Crippen molar-refractivity contribution < 1.29 is 0 Å². The minimum Gasteiger partial charge on any atom is -0.382 e. The largest absolute Gasteiger partial charge is 0.382 e. The second-order valence-electron chi connectivity index (χ2n) is 12.2. The normalized spacial score (nSPS) is 20.7. The Kier molecular flexibility index (Phi) is 7.65. The predicted molar refractivity (Wildman–Crippen MR) is 168 cm³/mol. The van der Waals surface area contributed by atoms with Crippen molar-refractivity contribution in [3.05, 3.63) is 59.3 Å². The lowest BCUT2D eigenvalue weighted by Crippen LogP contribution is -2.35. The first-order chi connectivity index (χ1) is 20.6. The highest BCUT2D eigenvalue weighted by atomic mass is 16.1. The fourth-order valence-electron chi connectivity index (χ4n) is 7.01. The first-order valence-corrected chi connectivity index (χ1v) is 15.6. The van der Waals surface area contributed by atoms with E-state index in [0.717, 1.165) is 100 Å². The fraction of sp³-hybridized carbons (Fsp3) is 0.500. The third-order valence-corrected chi connectivity index (χ3v) is 9.22. The summed E-state index contributed by atoms with van der Waals surface area (Å²) >= 11 is 0. The van der Waals surface area contributed by atoms with Gasteiger partial charge in [0.2, 0.25) is 5.95 Å². The van der Waals surface area contributed by atoms with Gasteiger partial charge in [-0.15, -0.1) is 0 Å². The monoisotopic (exact) mass is 567 g/mol. The summed E-state index contributed by atoms with van der Waals surface area (Å²) in [6.45, 7) is 4.19. The molecule has 220 valence electrons. The first kappa shape index (κ1) is 27.1. The maximum absolute atomic E-state index is 14.2. The minimum atomic E-state index is -0.0102. The van der Waals surface area contributed by atoms with Crippen LogP contribution in [0.15, 0.2) is 53.7 Å². The minimum absolute atomic E-state index is 0.0102. The number of pyridine rings is 1. The molecular formula is C32H41N9O. The number of hydrogen-bond donors (Lipinski definition) is 3. The average molecular weight is 568 g/mol. The standard InChI is InChI=1S/C32H41N9O/c1-39-17-4-7-27(21-39)40-18-16-34-30(40)28-19-22-20-35-32(38-29(22)41(31(28)42)26-5-2-3-6-26)37-24-10-8-23(9-11-24)36-25-12-14-33-15-13-25/h8-11,16,18-20,25-27,33,36H,2-7,12-15,17,21H2,1H3,(H,35,37,38). The molecular weight excluding hydrogens is 526 g/mol. The summed E-state index contributed by atoms with van der Waals surface area (Å²) < 4.78 is 4.14. The maximum atomic E-state index is 14.2. The molecule has 42 heavy (non-hydrogen) atoms. The molecule has 0 radical (unpaired) electrons. The Morgan fingerprint density at radius 1 is 0.929 bits per heavy atom. The molecule has 10 heteroatoms. The lowest BCUT2D eigenvalue weighted by molar-refractivity contribution is 0.213. The molecule has 5 heterocycles. The van der Waals surface area contributed by atoms with Gasteiger partial charge in [-0.3, -0.25) is 9.36 Å². The number of likely N-dealkylation sites (tertiary alicyclic amines) is 1. The van der Waals surface area contributed by atoms with Crippen molar-refractivity contribution in [2.75, 3.05) is 43.9 Å². The van der Waals surface area contributed by atoms with Crippen molar-refractivity contribution in [2.24, 2.45) is 0 Å². The van der Waals surface area contributed by atoms with Crippen LogP contribution < -0.4 is 21.5 Å². The Hall–Kier alpha value is -3.76. The Morgan fingerprint density at radius 2 is 1.69 bits per heavy atom. The van der Waals surface area contributed by atoms with Crippen LogP contribution >= 0.6 is 0 Å². The molecule has 3 aromatic heterocycles. The van der Waals surface area contributed by atoms with Gasteiger partial charge >= 0.3 is 0 Å². The van der Waals surface area contributed by atoms with Crippen LogP contribution in [0.1, 0.15) is 63.5 Å². The molecule has 1 aliphatic carbocycles. The number of nitrogens with one attached hydrogen (secondary N) is 3. The lowest BCUT2D eigenvalue weighted by atomic mass is 10.1. The van der Waals surface area contributed by atoms with Crippen molar-refractivity contribution in [2.45, 2.75) is 69.5 Å². The highest BCUT2D eigenvalue weighted by Gasteiger charge is 2.27. The van der Waals surface area contributed by atoms with E-state index < -0.39 is 0 Å². The van der Waals surface area contributed by atoms with E-state index in [4.69, 9.17) is 9.97 Å². The van der Waals surface area contributed by atoms with Crippen LogP contribution in [0.3, 0.4) is 0 Å². The molecule has 1 unspecified atom stereocenters. The molecule has 0 amide bonds. The van der Waals surface area contributed by atoms with Crippen molar-refractivity contribution in [1.82, 2.24) is 34.3 Å². The van der Waals surface area contributed by atoms with Crippen LogP contribution in [-0.4, -0.2) is 68.3 Å². The van der Waals surface area contributed by atoms with E-state index in [-0.39, 0.29) is 11.6 Å². The van der Waals surface area contributed by atoms with Gasteiger partial charge in [0.25, 0.3) is 5.56 Å². The van der Waals surface area contributed by atoms with E-state index in [0.29, 0.717) is 29.2 Å². The van der Waals surface area contributed by atoms with Crippen molar-refractivity contribution in [1.29, 1.82) is 0 Å². The van der Waals surface area contributed by atoms with E-state index in [1.54, 1.807) is 0 Å². The van der Waals surface area contributed by atoms with Gasteiger partial charge in [-0.05, 0) is 95.5 Å². The van der Waals surface area contributed by atoms with E-state index in [1.807, 2.05) is 41.4 Å². The Bertz CT molecular complexity index is 1580. The second-order valence-corrected chi connectivity index (χ2v) is 12.2. The number of anilines is 3. The molecule has 0 bridgehead atoms. The van der Waals surface area contributed by atoms with E-state index in [9.17, 15) is 4.79 Å². The summed E-state index contributed by atoms with van der Waals surface area (Å²) in [6, 6.07) is 11.2. The van der Waals surface area contributed by atoms with Gasteiger partial charge in [-0.1, -0.05) is 12.8 Å². The molecule has 2 aliphatic heterocycles. The quantitative estimate of drug-likeness (QED) is 0.288. The highest BCUT2D eigenvalue weighted by Crippen LogP contribution is 2.33. The van der Waals surface area contributed by atoms with Gasteiger partial charge in [0.1, 0.15) is 11.5 Å². The average Bonchev–Trinajstić information content (AvgIpc) is 3.72. The van der Waals surface area contributed by atoms with Crippen LogP contribution in [0.5, 0.6) is 0 Å². The number of nitrogens with zero attached hydrogens (tertiary/aromatic N) is 6. The van der Waals surface area contributed by atoms with E-state index >= 15 is 0 Å². The van der Waals surface area contributed by atoms with Gasteiger partial charge < -0.3 is 25.4 Å². The molecule has 2 saturated heterocycles. The molecule has 3 N–H and O–H groups in total. The Labute approximate surface area is 246 Å². The van der Waals surface area contributed by atoms with Crippen molar-refractivity contribution >= 4 is 28.4 Å². The number of fused-ring (bicyclic) bond motifs is 1. The van der Waals surface area contributed by atoms with Crippen LogP contribution in [0.2, 0.25) is 0 Å². The summed E-state index contributed by atoms with van der Waals surface area (Å²) in [6.07, 6.45) is 14.4. The molecule has 0 spiro atoms. The van der Waals surface area contributed by atoms with E-state index in [2.05, 4.69) is 49.6 Å². The summed E-state index contributed by atoms with van der Waals surface area (Å²) in [7, 11) is 2.16. The molecule has 1 atom stereocenters. The molecule has 7 rings (SSSR count). The molecule has 3 aliphatic rings. The zero-order valence-corrected chi connectivity index (χ0v) is 24.4. The first-order valence-electron chi connectivity index (χ1n) is 15.6. The van der Waals surface area contributed by atoms with Gasteiger partial charge in [0, 0.05) is 60.0 Å². The van der Waals surface area contributed by atoms with Crippen LogP contribution in [-0.2, 0) is 0 Å². The third kappa shape index (κ3) is 5.53. The summed E-state index contributed by atoms with van der Waals surface area (Å²) in [4.78, 5) is 30.9. The molecule has 3 fully saturated rings. The van der Waals surface area contributed by atoms with Gasteiger partial charge in [0.05, 0.1) is 5.56 Å². The molecule has 4 aromatic rings. The molecule has 1 saturated carbocycles. The van der Waals surface area contributed by atoms with Gasteiger partial charge in [-0.2, -0.15) is 4.98 Å². The maximum Gasteiger partial charge on any atom is 0.263 e. The summed E-state index contributed by atoms with van der Waals surface area (Å²) in [5, 5.41) is 11.3. The Balaban J connectivity index is 1.20. The number of imidazole rings is 1. The van der Waals surface area contributed by atoms with Gasteiger partial charge in [-0.25, -0.2) is 9.97 Å². The number of hydrogen-bond acceptors (Lipinski definition) is 8. The van der Waals surface area contributed by atoms with Crippen LogP contribution in [0.4, 0.5) is 17.3 Å². The summed E-state index contributed by atoms with van der Waals surface area (Å²) in [5.74, 6) is 1.24. The van der Waals surface area contributed by atoms with Crippen molar-refractivity contribution in [3.8, 4) is 11.4 Å². The number of likely N-dealkylation sites (N-methyl/N-ethyl adjacent to an activating group) is 1. The SMILES string of the molecule is CN1CCCC(n2ccnc2-c2cc3cnc(Nc4ccc(NC5CCNCC5)cc4)nc3n(C3CCCC3)c2=O)C1. The number of piperidine rings is 2. The molecule has 1 aromatic carbocycles. The highest BCUT2D eigenvalue weighted by molar-refractivity contribution is 5.81. The van der Waals surface area contributed by atoms with Gasteiger partial charge in [0.15, 0.2) is 0 Å². The number of rotatable bonds is 7. The lowest BCUT2D eigenvalue weighted by Gasteiger charge is -2.31. The zero-order valence-electron chi connectivity index (χ0n) is 24.4. The number of benzene rings is 1. The third-order valence-electron chi connectivity index (χ3n) is 9.22. The van der Waals surface area contributed by atoms with Crippen LogP contribution in [0, 0.1) is 0 Å². The van der Waals surface area contributed by atoms with Crippen LogP contribution in [0.25, 0.3) is 22.4 Å². The molecule has 10 nitrogen and oxygen atoms in total. The Morgan fingerprint density at radius 3 is 2.48 bits per heavy atom.